The fraction of sp³-hybridized carbons (Fsp3) is 0.900. The SMILES string of the molecule is CC(=O)C1(C)CC(C)(C)OC1C. The zero-order valence-corrected chi connectivity index (χ0v) is 8.60. The van der Waals surface area contributed by atoms with Crippen molar-refractivity contribution < 1.29 is 9.53 Å². The molecule has 2 heteroatoms. The van der Waals surface area contributed by atoms with Gasteiger partial charge in [-0.05, 0) is 34.1 Å². The standard InChI is InChI=1S/C10H18O2/c1-7(11)10(5)6-9(3,4)12-8(10)2/h8H,6H2,1-5H3. The average molecular weight is 170 g/mol. The first-order valence-electron chi connectivity index (χ1n) is 4.47. The minimum atomic E-state index is -0.274. The Morgan fingerprint density at radius 3 is 2.08 bits per heavy atom. The number of carbonyl (C=O) groups is 1. The summed E-state index contributed by atoms with van der Waals surface area (Å²) in [6.45, 7) is 9.71. The van der Waals surface area contributed by atoms with Crippen molar-refractivity contribution in [2.24, 2.45) is 5.41 Å². The summed E-state index contributed by atoms with van der Waals surface area (Å²) in [6, 6.07) is 0. The number of ether oxygens (including phenoxy) is 1. The molecule has 70 valence electrons. The third-order valence-corrected chi connectivity index (χ3v) is 2.99. The van der Waals surface area contributed by atoms with Crippen LogP contribution in [0.1, 0.15) is 41.0 Å². The number of hydrogen-bond donors (Lipinski definition) is 0. The molecule has 1 rings (SSSR count). The predicted octanol–water partition coefficient (Wildman–Crippen LogP) is 2.17. The van der Waals surface area contributed by atoms with Gasteiger partial charge in [0.15, 0.2) is 0 Å². The van der Waals surface area contributed by atoms with Crippen molar-refractivity contribution in [1.82, 2.24) is 0 Å². The smallest absolute Gasteiger partial charge is 0.138 e. The maximum atomic E-state index is 11.4. The van der Waals surface area contributed by atoms with E-state index in [0.29, 0.717) is 0 Å². The molecule has 1 heterocycles. The summed E-state index contributed by atoms with van der Waals surface area (Å²) < 4.78 is 5.70. The quantitative estimate of drug-likeness (QED) is 0.603. The van der Waals surface area contributed by atoms with E-state index in [0.717, 1.165) is 6.42 Å². The first-order chi connectivity index (χ1) is 5.28. The van der Waals surface area contributed by atoms with E-state index >= 15 is 0 Å². The van der Waals surface area contributed by atoms with Crippen LogP contribution in [0.3, 0.4) is 0 Å². The lowest BCUT2D eigenvalue weighted by Gasteiger charge is -2.23. The maximum absolute atomic E-state index is 11.4. The molecule has 12 heavy (non-hydrogen) atoms. The van der Waals surface area contributed by atoms with Crippen LogP contribution in [0.25, 0.3) is 0 Å². The maximum Gasteiger partial charge on any atom is 0.138 e. The predicted molar refractivity (Wildman–Crippen MR) is 48.0 cm³/mol. The number of Topliss-reactive ketones (excluding diaryl/α,β-unsaturated/α-hetero) is 1. The van der Waals surface area contributed by atoms with Crippen LogP contribution >= 0.6 is 0 Å². The number of carbonyl (C=O) groups excluding carboxylic acids is 1. The minimum Gasteiger partial charge on any atom is -0.372 e. The molecule has 0 aromatic carbocycles. The molecule has 0 aromatic heterocycles. The summed E-state index contributed by atoms with van der Waals surface area (Å²) in [6.07, 6.45) is 0.876. The van der Waals surface area contributed by atoms with Crippen LogP contribution in [-0.2, 0) is 9.53 Å². The molecular weight excluding hydrogens is 152 g/mol. The van der Waals surface area contributed by atoms with Crippen LogP contribution in [0.4, 0.5) is 0 Å². The van der Waals surface area contributed by atoms with Crippen molar-refractivity contribution in [3.63, 3.8) is 0 Å². The zero-order valence-electron chi connectivity index (χ0n) is 8.60. The Morgan fingerprint density at radius 1 is 1.42 bits per heavy atom. The van der Waals surface area contributed by atoms with Crippen molar-refractivity contribution in [3.8, 4) is 0 Å². The topological polar surface area (TPSA) is 26.3 Å². The van der Waals surface area contributed by atoms with E-state index < -0.39 is 0 Å². The molecule has 0 aromatic rings. The van der Waals surface area contributed by atoms with Crippen LogP contribution in [0, 0.1) is 5.41 Å². The molecule has 0 N–H and O–H groups in total. The van der Waals surface area contributed by atoms with Gasteiger partial charge in [0.1, 0.15) is 5.78 Å². The molecule has 2 atom stereocenters. The van der Waals surface area contributed by atoms with E-state index in [1.54, 1.807) is 6.92 Å². The Bertz CT molecular complexity index is 208. The molecule has 1 fully saturated rings. The number of hydrogen-bond acceptors (Lipinski definition) is 2. The van der Waals surface area contributed by atoms with Gasteiger partial charge in [-0.1, -0.05) is 6.92 Å². The fourth-order valence-electron chi connectivity index (χ4n) is 2.09. The second-order valence-electron chi connectivity index (χ2n) is 4.67. The van der Waals surface area contributed by atoms with Crippen LogP contribution in [0.2, 0.25) is 0 Å². The lowest BCUT2D eigenvalue weighted by Crippen LogP contribution is -2.32. The molecule has 0 saturated carbocycles. The zero-order chi connectivity index (χ0) is 9.57. The van der Waals surface area contributed by atoms with Crippen LogP contribution in [-0.4, -0.2) is 17.5 Å². The Labute approximate surface area is 74.3 Å². The van der Waals surface area contributed by atoms with Gasteiger partial charge in [0.05, 0.1) is 17.1 Å². The van der Waals surface area contributed by atoms with Crippen LogP contribution in [0.15, 0.2) is 0 Å². The summed E-state index contributed by atoms with van der Waals surface area (Å²) in [5, 5.41) is 0. The third-order valence-electron chi connectivity index (χ3n) is 2.99. The highest BCUT2D eigenvalue weighted by atomic mass is 16.5. The van der Waals surface area contributed by atoms with Crippen molar-refractivity contribution in [3.05, 3.63) is 0 Å². The summed E-state index contributed by atoms with van der Waals surface area (Å²) in [5.74, 6) is 0.237. The highest BCUT2D eigenvalue weighted by Crippen LogP contribution is 2.44. The molecule has 0 amide bonds. The molecule has 1 aliphatic rings. The van der Waals surface area contributed by atoms with E-state index in [9.17, 15) is 4.79 Å². The van der Waals surface area contributed by atoms with Gasteiger partial charge in [-0.2, -0.15) is 0 Å². The molecule has 1 saturated heterocycles. The molecular formula is C10H18O2. The van der Waals surface area contributed by atoms with E-state index in [1.165, 1.54) is 0 Å². The molecule has 0 spiro atoms. The highest BCUT2D eigenvalue weighted by Gasteiger charge is 2.49. The molecule has 2 unspecified atom stereocenters. The summed E-state index contributed by atoms with van der Waals surface area (Å²) in [4.78, 5) is 11.4. The number of rotatable bonds is 1. The monoisotopic (exact) mass is 170 g/mol. The first-order valence-corrected chi connectivity index (χ1v) is 4.47. The van der Waals surface area contributed by atoms with Gasteiger partial charge >= 0.3 is 0 Å². The van der Waals surface area contributed by atoms with E-state index in [4.69, 9.17) is 4.74 Å². The van der Waals surface area contributed by atoms with Crippen molar-refractivity contribution >= 4 is 5.78 Å². The largest absolute Gasteiger partial charge is 0.372 e. The van der Waals surface area contributed by atoms with E-state index in [2.05, 4.69) is 0 Å². The Hall–Kier alpha value is -0.370. The second-order valence-corrected chi connectivity index (χ2v) is 4.67. The van der Waals surface area contributed by atoms with Crippen molar-refractivity contribution in [2.75, 3.05) is 0 Å². The Kier molecular flexibility index (Phi) is 2.07. The van der Waals surface area contributed by atoms with E-state index in [-0.39, 0.29) is 22.9 Å². The van der Waals surface area contributed by atoms with Crippen LogP contribution in [0.5, 0.6) is 0 Å². The second kappa shape index (κ2) is 2.56. The average Bonchev–Trinajstić information content (AvgIpc) is 2.03. The van der Waals surface area contributed by atoms with Gasteiger partial charge in [0.2, 0.25) is 0 Å². The number of ketones is 1. The van der Waals surface area contributed by atoms with Gasteiger partial charge in [-0.25, -0.2) is 0 Å². The highest BCUT2D eigenvalue weighted by molar-refractivity contribution is 5.83. The lowest BCUT2D eigenvalue weighted by molar-refractivity contribution is -0.128. The molecule has 1 aliphatic heterocycles. The van der Waals surface area contributed by atoms with Gasteiger partial charge in [-0.15, -0.1) is 0 Å². The summed E-state index contributed by atoms with van der Waals surface area (Å²) in [7, 11) is 0. The van der Waals surface area contributed by atoms with E-state index in [1.807, 2.05) is 27.7 Å². The van der Waals surface area contributed by atoms with Gasteiger partial charge in [-0.3, -0.25) is 4.79 Å². The van der Waals surface area contributed by atoms with Crippen molar-refractivity contribution in [1.29, 1.82) is 0 Å². The van der Waals surface area contributed by atoms with Crippen LogP contribution < -0.4 is 0 Å². The molecule has 0 bridgehead atoms. The molecule has 0 aliphatic carbocycles. The van der Waals surface area contributed by atoms with Gasteiger partial charge < -0.3 is 4.74 Å². The minimum absolute atomic E-state index is 0.0463. The summed E-state index contributed by atoms with van der Waals surface area (Å²) in [5.41, 5.74) is -0.413. The fourth-order valence-corrected chi connectivity index (χ4v) is 2.09. The normalized spacial score (nSPS) is 39.9. The Balaban J connectivity index is 2.89. The molecule has 2 nitrogen and oxygen atoms in total. The Morgan fingerprint density at radius 2 is 1.92 bits per heavy atom. The van der Waals surface area contributed by atoms with Gasteiger partial charge in [0, 0.05) is 0 Å². The third kappa shape index (κ3) is 1.40. The molecule has 0 radical (unpaired) electrons. The summed E-state index contributed by atoms with van der Waals surface area (Å²) >= 11 is 0. The van der Waals surface area contributed by atoms with Crippen molar-refractivity contribution in [2.45, 2.75) is 52.7 Å². The van der Waals surface area contributed by atoms with Gasteiger partial charge in [0.25, 0.3) is 0 Å². The first kappa shape index (κ1) is 9.72. The lowest BCUT2D eigenvalue weighted by atomic mass is 9.77.